The van der Waals surface area contributed by atoms with Crippen molar-refractivity contribution in [1.82, 2.24) is 9.78 Å². The lowest BCUT2D eigenvalue weighted by atomic mass is 10.3. The number of carbonyl (C=O) groups is 1. The highest BCUT2D eigenvalue weighted by atomic mass is 19.2. The highest BCUT2D eigenvalue weighted by molar-refractivity contribution is 6.03. The number of hydrogen-bond donors (Lipinski definition) is 2. The van der Waals surface area contributed by atoms with Crippen LogP contribution in [0.4, 0.5) is 20.3 Å². The lowest BCUT2D eigenvalue weighted by Gasteiger charge is -2.05. The molecule has 0 fully saturated rings. The fourth-order valence-electron chi connectivity index (χ4n) is 1.47. The number of nitrogens with one attached hydrogen (secondary N) is 1. The minimum Gasteiger partial charge on any atom is -0.382 e. The zero-order valence-electron chi connectivity index (χ0n) is 9.45. The molecular formula is C11H10F2N4O. The number of halogens is 2. The third-order valence-corrected chi connectivity index (χ3v) is 2.31. The summed E-state index contributed by atoms with van der Waals surface area (Å²) in [7, 11) is 1.55. The average Bonchev–Trinajstić information content (AvgIpc) is 2.63. The van der Waals surface area contributed by atoms with Gasteiger partial charge in [-0.1, -0.05) is 0 Å². The van der Waals surface area contributed by atoms with E-state index in [0.717, 1.165) is 12.1 Å². The summed E-state index contributed by atoms with van der Waals surface area (Å²) in [5.41, 5.74) is 5.80. The van der Waals surface area contributed by atoms with Gasteiger partial charge in [0, 0.05) is 24.9 Å². The van der Waals surface area contributed by atoms with Crippen LogP contribution in [0, 0.1) is 11.6 Å². The zero-order valence-corrected chi connectivity index (χ0v) is 9.45. The third-order valence-electron chi connectivity index (χ3n) is 2.31. The van der Waals surface area contributed by atoms with Crippen LogP contribution in [0.15, 0.2) is 24.3 Å². The van der Waals surface area contributed by atoms with Crippen LogP contribution >= 0.6 is 0 Å². The molecule has 1 aromatic carbocycles. The Labute approximate surface area is 101 Å². The van der Waals surface area contributed by atoms with Gasteiger partial charge in [-0.25, -0.2) is 8.78 Å². The Kier molecular flexibility index (Phi) is 2.97. The van der Waals surface area contributed by atoms with Crippen molar-refractivity contribution in [2.75, 3.05) is 11.1 Å². The number of nitrogens with two attached hydrogens (primary N) is 1. The molecule has 2 rings (SSSR count). The van der Waals surface area contributed by atoms with Crippen molar-refractivity contribution in [3.8, 4) is 0 Å². The van der Waals surface area contributed by atoms with Gasteiger partial charge < -0.3 is 11.1 Å². The van der Waals surface area contributed by atoms with E-state index in [2.05, 4.69) is 10.4 Å². The summed E-state index contributed by atoms with van der Waals surface area (Å²) in [6.07, 6.45) is 0. The summed E-state index contributed by atoms with van der Waals surface area (Å²) >= 11 is 0. The van der Waals surface area contributed by atoms with Gasteiger partial charge in [0.15, 0.2) is 11.6 Å². The van der Waals surface area contributed by atoms with Crippen molar-refractivity contribution in [2.45, 2.75) is 0 Å². The lowest BCUT2D eigenvalue weighted by molar-refractivity contribution is 0.101. The Morgan fingerprint density at radius 1 is 1.33 bits per heavy atom. The normalized spacial score (nSPS) is 10.4. The molecule has 0 atom stereocenters. The quantitative estimate of drug-likeness (QED) is 0.851. The SMILES string of the molecule is Cn1nc(N)cc1C(=O)Nc1ccc(F)c(F)c1. The standard InChI is InChI=1S/C11H10F2N4O/c1-17-9(5-10(14)16-17)11(18)15-6-2-3-7(12)8(13)4-6/h2-5H,1H3,(H2,14,16)(H,15,18). The zero-order chi connectivity index (χ0) is 13.3. The minimum atomic E-state index is -1.03. The number of nitrogen functional groups attached to an aromatic ring is 1. The van der Waals surface area contributed by atoms with Crippen LogP contribution in [0.1, 0.15) is 10.5 Å². The predicted octanol–water partition coefficient (Wildman–Crippen LogP) is 1.53. The second-order valence-electron chi connectivity index (χ2n) is 3.66. The van der Waals surface area contributed by atoms with Gasteiger partial charge in [0.1, 0.15) is 11.5 Å². The van der Waals surface area contributed by atoms with Gasteiger partial charge in [-0.3, -0.25) is 9.48 Å². The summed E-state index contributed by atoms with van der Waals surface area (Å²) in [5, 5.41) is 6.22. The highest BCUT2D eigenvalue weighted by Crippen LogP contribution is 2.14. The van der Waals surface area contributed by atoms with Crippen molar-refractivity contribution >= 4 is 17.4 Å². The van der Waals surface area contributed by atoms with E-state index in [0.29, 0.717) is 0 Å². The smallest absolute Gasteiger partial charge is 0.274 e. The first-order chi connectivity index (χ1) is 8.47. The fourth-order valence-corrected chi connectivity index (χ4v) is 1.47. The van der Waals surface area contributed by atoms with Crippen LogP contribution in [-0.4, -0.2) is 15.7 Å². The summed E-state index contributed by atoms with van der Waals surface area (Å²) in [6, 6.07) is 4.47. The number of hydrogen-bond acceptors (Lipinski definition) is 3. The van der Waals surface area contributed by atoms with Crippen LogP contribution in [0.5, 0.6) is 0 Å². The molecule has 7 heteroatoms. The minimum absolute atomic E-state index is 0.152. The Balaban J connectivity index is 2.21. The molecule has 2 aromatic rings. The second kappa shape index (κ2) is 4.44. The molecule has 0 radical (unpaired) electrons. The molecule has 0 spiro atoms. The molecule has 1 amide bonds. The Bertz CT molecular complexity index is 609. The van der Waals surface area contributed by atoms with Gasteiger partial charge in [0.05, 0.1) is 0 Å². The van der Waals surface area contributed by atoms with Crippen molar-refractivity contribution in [3.63, 3.8) is 0 Å². The van der Waals surface area contributed by atoms with E-state index in [1.54, 1.807) is 7.05 Å². The number of aryl methyl sites for hydroxylation is 1. The van der Waals surface area contributed by atoms with Gasteiger partial charge >= 0.3 is 0 Å². The molecule has 0 saturated carbocycles. The molecular weight excluding hydrogens is 242 g/mol. The third kappa shape index (κ3) is 2.29. The maximum Gasteiger partial charge on any atom is 0.274 e. The number of carbonyl (C=O) groups excluding carboxylic acids is 1. The molecule has 0 aliphatic heterocycles. The van der Waals surface area contributed by atoms with E-state index < -0.39 is 17.5 Å². The van der Waals surface area contributed by atoms with Gasteiger partial charge in [-0.15, -0.1) is 0 Å². The van der Waals surface area contributed by atoms with Gasteiger partial charge in [-0.2, -0.15) is 5.10 Å². The largest absolute Gasteiger partial charge is 0.382 e. The fraction of sp³-hybridized carbons (Fsp3) is 0.0909. The maximum absolute atomic E-state index is 13.0. The molecule has 1 aromatic heterocycles. The molecule has 0 aliphatic carbocycles. The van der Waals surface area contributed by atoms with Crippen LogP contribution in [0.25, 0.3) is 0 Å². The van der Waals surface area contributed by atoms with Crippen LogP contribution in [-0.2, 0) is 7.05 Å². The van der Waals surface area contributed by atoms with E-state index in [4.69, 9.17) is 5.73 Å². The van der Waals surface area contributed by atoms with E-state index in [1.807, 2.05) is 0 Å². The van der Waals surface area contributed by atoms with Crippen molar-refractivity contribution < 1.29 is 13.6 Å². The molecule has 3 N–H and O–H groups in total. The van der Waals surface area contributed by atoms with Crippen molar-refractivity contribution in [1.29, 1.82) is 0 Å². The first-order valence-corrected chi connectivity index (χ1v) is 5.03. The predicted molar refractivity (Wildman–Crippen MR) is 61.9 cm³/mol. The monoisotopic (exact) mass is 252 g/mol. The number of nitrogens with zero attached hydrogens (tertiary/aromatic N) is 2. The Morgan fingerprint density at radius 2 is 2.06 bits per heavy atom. The number of rotatable bonds is 2. The number of anilines is 2. The lowest BCUT2D eigenvalue weighted by Crippen LogP contribution is -2.16. The van der Waals surface area contributed by atoms with Crippen molar-refractivity contribution in [2.24, 2.45) is 7.05 Å². The summed E-state index contributed by atoms with van der Waals surface area (Å²) < 4.78 is 27.0. The molecule has 0 aliphatic rings. The van der Waals surface area contributed by atoms with Gasteiger partial charge in [0.25, 0.3) is 5.91 Å². The number of amides is 1. The van der Waals surface area contributed by atoms with Crippen LogP contribution < -0.4 is 11.1 Å². The van der Waals surface area contributed by atoms with E-state index in [9.17, 15) is 13.6 Å². The molecule has 18 heavy (non-hydrogen) atoms. The average molecular weight is 252 g/mol. The maximum atomic E-state index is 13.0. The van der Waals surface area contributed by atoms with Gasteiger partial charge in [-0.05, 0) is 12.1 Å². The van der Waals surface area contributed by atoms with Crippen molar-refractivity contribution in [3.05, 3.63) is 41.6 Å². The van der Waals surface area contributed by atoms with Gasteiger partial charge in [0.2, 0.25) is 0 Å². The van der Waals surface area contributed by atoms with Crippen LogP contribution in [0.3, 0.4) is 0 Å². The topological polar surface area (TPSA) is 72.9 Å². The Morgan fingerprint density at radius 3 is 2.61 bits per heavy atom. The highest BCUT2D eigenvalue weighted by Gasteiger charge is 2.13. The summed E-state index contributed by atoms with van der Waals surface area (Å²) in [5.74, 6) is -2.31. The van der Waals surface area contributed by atoms with E-state index >= 15 is 0 Å². The molecule has 0 bridgehead atoms. The molecule has 0 saturated heterocycles. The van der Waals surface area contributed by atoms with E-state index in [1.165, 1.54) is 16.8 Å². The Hall–Kier alpha value is -2.44. The number of benzene rings is 1. The van der Waals surface area contributed by atoms with E-state index in [-0.39, 0.29) is 17.2 Å². The molecule has 94 valence electrons. The number of aromatic nitrogens is 2. The first-order valence-electron chi connectivity index (χ1n) is 5.03. The molecule has 1 heterocycles. The first kappa shape index (κ1) is 12.0. The van der Waals surface area contributed by atoms with Crippen LogP contribution in [0.2, 0.25) is 0 Å². The molecule has 0 unspecified atom stereocenters. The summed E-state index contributed by atoms with van der Waals surface area (Å²) in [6.45, 7) is 0. The molecule has 5 nitrogen and oxygen atoms in total. The second-order valence-corrected chi connectivity index (χ2v) is 3.66. The summed E-state index contributed by atoms with van der Waals surface area (Å²) in [4.78, 5) is 11.8.